The molecular weight excluding hydrogens is 276 g/mol. The molecule has 0 aromatic carbocycles. The second-order valence-corrected chi connectivity index (χ2v) is 3.81. The van der Waals surface area contributed by atoms with E-state index in [2.05, 4.69) is 20.9 Å². The van der Waals surface area contributed by atoms with E-state index in [1.165, 1.54) is 6.07 Å². The highest BCUT2D eigenvalue weighted by Crippen LogP contribution is 2.15. The van der Waals surface area contributed by atoms with E-state index in [1.807, 2.05) is 6.07 Å². The molecule has 1 heterocycles. The molecule has 0 atom stereocenters. The van der Waals surface area contributed by atoms with Gasteiger partial charge in [-0.25, -0.2) is 0 Å². The zero-order valence-corrected chi connectivity index (χ0v) is 9.91. The van der Waals surface area contributed by atoms with Crippen LogP contribution in [0.15, 0.2) is 15.3 Å². The Morgan fingerprint density at radius 2 is 2.38 bits per heavy atom. The van der Waals surface area contributed by atoms with E-state index in [9.17, 15) is 9.59 Å². The van der Waals surface area contributed by atoms with Crippen LogP contribution < -0.4 is 10.3 Å². The molecule has 0 bridgehead atoms. The number of hydrogen-bond donors (Lipinski definition) is 1. The van der Waals surface area contributed by atoms with E-state index in [0.29, 0.717) is 19.1 Å². The van der Waals surface area contributed by atoms with Crippen molar-refractivity contribution < 1.29 is 9.53 Å². The molecule has 1 aromatic rings. The minimum atomic E-state index is -0.360. The van der Waals surface area contributed by atoms with Crippen LogP contribution in [0.1, 0.15) is 23.2 Å². The number of nitriles is 1. The maximum absolute atomic E-state index is 11.2. The number of halogens is 1. The van der Waals surface area contributed by atoms with Crippen molar-refractivity contribution in [2.45, 2.75) is 12.8 Å². The number of hydrogen-bond acceptors (Lipinski definition) is 4. The number of H-pyrrole nitrogens is 1. The number of pyridine rings is 1. The van der Waals surface area contributed by atoms with E-state index in [4.69, 9.17) is 10.00 Å². The van der Waals surface area contributed by atoms with Gasteiger partial charge in [0.2, 0.25) is 5.88 Å². The number of aldehydes is 1. The van der Waals surface area contributed by atoms with Gasteiger partial charge in [-0.3, -0.25) is 14.6 Å². The zero-order valence-electron chi connectivity index (χ0n) is 8.33. The van der Waals surface area contributed by atoms with Crippen LogP contribution in [-0.2, 0) is 0 Å². The van der Waals surface area contributed by atoms with Crippen LogP contribution in [0, 0.1) is 11.3 Å². The molecule has 0 spiro atoms. The van der Waals surface area contributed by atoms with Crippen molar-refractivity contribution in [1.29, 1.82) is 5.26 Å². The van der Waals surface area contributed by atoms with Crippen molar-refractivity contribution in [3.8, 4) is 11.9 Å². The quantitative estimate of drug-likeness (QED) is 0.658. The van der Waals surface area contributed by atoms with Gasteiger partial charge < -0.3 is 4.74 Å². The van der Waals surface area contributed by atoms with E-state index >= 15 is 0 Å². The number of ether oxygens (including phenoxy) is 1. The Morgan fingerprint density at radius 3 is 3.00 bits per heavy atom. The van der Waals surface area contributed by atoms with Gasteiger partial charge in [0.1, 0.15) is 0 Å². The SMILES string of the molecule is N#CCCCOc1[nH]c(=O)c(Br)cc1C=O. The maximum atomic E-state index is 11.2. The molecule has 0 saturated heterocycles. The summed E-state index contributed by atoms with van der Waals surface area (Å²) in [5, 5.41) is 8.32. The van der Waals surface area contributed by atoms with Crippen molar-refractivity contribution in [2.75, 3.05) is 6.61 Å². The number of rotatable bonds is 5. The fourth-order valence-corrected chi connectivity index (χ4v) is 1.38. The Kier molecular flexibility index (Phi) is 4.73. The van der Waals surface area contributed by atoms with Crippen LogP contribution in [0.5, 0.6) is 5.88 Å². The van der Waals surface area contributed by atoms with E-state index in [-0.39, 0.29) is 28.1 Å². The molecule has 1 aromatic heterocycles. The van der Waals surface area contributed by atoms with Gasteiger partial charge in [-0.1, -0.05) is 0 Å². The molecule has 0 aliphatic rings. The predicted octanol–water partition coefficient (Wildman–Crippen LogP) is 1.63. The Hall–Kier alpha value is -1.61. The summed E-state index contributed by atoms with van der Waals surface area (Å²) in [4.78, 5) is 24.4. The molecule has 16 heavy (non-hydrogen) atoms. The van der Waals surface area contributed by atoms with Gasteiger partial charge in [0.15, 0.2) is 6.29 Å². The third kappa shape index (κ3) is 3.21. The molecule has 1 N–H and O–H groups in total. The number of aromatic nitrogens is 1. The van der Waals surface area contributed by atoms with Gasteiger partial charge in [0, 0.05) is 6.42 Å². The summed E-state index contributed by atoms with van der Waals surface area (Å²) in [6, 6.07) is 3.37. The lowest BCUT2D eigenvalue weighted by atomic mass is 10.3. The Labute approximate surface area is 100 Å². The molecule has 0 radical (unpaired) electrons. The number of nitrogens with one attached hydrogen (secondary N) is 1. The summed E-state index contributed by atoms with van der Waals surface area (Å²) in [5.41, 5.74) is -0.0932. The standard InChI is InChI=1S/C10H9BrN2O3/c11-8-5-7(6-14)10(13-9(8)15)16-4-2-1-3-12/h5-6H,1-2,4H2,(H,13,15). The predicted molar refractivity (Wildman–Crippen MR) is 60.5 cm³/mol. The molecule has 6 heteroatoms. The molecule has 0 aliphatic carbocycles. The first-order valence-corrected chi connectivity index (χ1v) is 5.36. The molecule has 0 saturated carbocycles. The van der Waals surface area contributed by atoms with Crippen LogP contribution in [0.3, 0.4) is 0 Å². The van der Waals surface area contributed by atoms with Crippen LogP contribution in [0.4, 0.5) is 0 Å². The minimum Gasteiger partial charge on any atom is -0.478 e. The average Bonchev–Trinajstić information content (AvgIpc) is 2.28. The van der Waals surface area contributed by atoms with Gasteiger partial charge in [-0.2, -0.15) is 5.26 Å². The van der Waals surface area contributed by atoms with E-state index in [0.717, 1.165) is 0 Å². The summed E-state index contributed by atoms with van der Waals surface area (Å²) in [6.07, 6.45) is 1.52. The number of unbranched alkanes of at least 4 members (excludes halogenated alkanes) is 1. The van der Waals surface area contributed by atoms with Crippen LogP contribution in [-0.4, -0.2) is 17.9 Å². The van der Waals surface area contributed by atoms with E-state index in [1.54, 1.807) is 0 Å². The fourth-order valence-electron chi connectivity index (χ4n) is 1.04. The summed E-state index contributed by atoms with van der Waals surface area (Å²) in [5.74, 6) is 0.140. The summed E-state index contributed by atoms with van der Waals surface area (Å²) >= 11 is 3.01. The second-order valence-electron chi connectivity index (χ2n) is 2.96. The third-order valence-electron chi connectivity index (χ3n) is 1.79. The molecule has 84 valence electrons. The fraction of sp³-hybridized carbons (Fsp3) is 0.300. The summed E-state index contributed by atoms with van der Waals surface area (Å²) in [7, 11) is 0. The van der Waals surface area contributed by atoms with Crippen LogP contribution >= 0.6 is 15.9 Å². The average molecular weight is 285 g/mol. The van der Waals surface area contributed by atoms with Crippen molar-refractivity contribution in [3.63, 3.8) is 0 Å². The summed E-state index contributed by atoms with van der Waals surface area (Å²) in [6.45, 7) is 0.284. The highest BCUT2D eigenvalue weighted by atomic mass is 79.9. The first-order valence-electron chi connectivity index (χ1n) is 4.56. The van der Waals surface area contributed by atoms with Crippen molar-refractivity contribution >= 4 is 22.2 Å². The van der Waals surface area contributed by atoms with Gasteiger partial charge in [-0.15, -0.1) is 0 Å². The molecule has 0 fully saturated rings. The number of nitrogens with zero attached hydrogens (tertiary/aromatic N) is 1. The van der Waals surface area contributed by atoms with Crippen molar-refractivity contribution in [1.82, 2.24) is 4.98 Å². The molecular formula is C10H9BrN2O3. The smallest absolute Gasteiger partial charge is 0.265 e. The molecule has 0 aliphatic heterocycles. The topological polar surface area (TPSA) is 82.9 Å². The van der Waals surface area contributed by atoms with Gasteiger partial charge in [0.25, 0.3) is 5.56 Å². The minimum absolute atomic E-state index is 0.140. The molecule has 0 amide bonds. The van der Waals surface area contributed by atoms with Crippen molar-refractivity contribution in [2.24, 2.45) is 0 Å². The largest absolute Gasteiger partial charge is 0.478 e. The van der Waals surface area contributed by atoms with Crippen LogP contribution in [0.25, 0.3) is 0 Å². The van der Waals surface area contributed by atoms with Crippen LogP contribution in [0.2, 0.25) is 0 Å². The van der Waals surface area contributed by atoms with E-state index < -0.39 is 0 Å². The first-order chi connectivity index (χ1) is 7.69. The lowest BCUT2D eigenvalue weighted by Crippen LogP contribution is -2.12. The molecule has 1 rings (SSSR count). The Balaban J connectivity index is 2.79. The van der Waals surface area contributed by atoms with Gasteiger partial charge in [-0.05, 0) is 28.4 Å². The van der Waals surface area contributed by atoms with Crippen molar-refractivity contribution in [3.05, 3.63) is 26.5 Å². The number of carbonyl (C=O) groups is 1. The highest BCUT2D eigenvalue weighted by Gasteiger charge is 2.07. The number of carbonyl (C=O) groups excluding carboxylic acids is 1. The Bertz CT molecular complexity index is 476. The lowest BCUT2D eigenvalue weighted by molar-refractivity contribution is 0.111. The number of aromatic amines is 1. The lowest BCUT2D eigenvalue weighted by Gasteiger charge is -2.06. The second kappa shape index (κ2) is 6.08. The Morgan fingerprint density at radius 1 is 1.62 bits per heavy atom. The van der Waals surface area contributed by atoms with Gasteiger partial charge >= 0.3 is 0 Å². The normalized spacial score (nSPS) is 9.50. The van der Waals surface area contributed by atoms with Gasteiger partial charge in [0.05, 0.1) is 22.7 Å². The maximum Gasteiger partial charge on any atom is 0.265 e. The third-order valence-corrected chi connectivity index (χ3v) is 2.38. The molecule has 0 unspecified atom stereocenters. The first kappa shape index (κ1) is 12.5. The zero-order chi connectivity index (χ0) is 12.0. The highest BCUT2D eigenvalue weighted by molar-refractivity contribution is 9.10. The monoisotopic (exact) mass is 284 g/mol. The summed E-state index contributed by atoms with van der Waals surface area (Å²) < 4.78 is 5.48. The molecule has 5 nitrogen and oxygen atoms in total.